The summed E-state index contributed by atoms with van der Waals surface area (Å²) in [7, 11) is 0. The molecule has 0 aliphatic carbocycles. The largest absolute Gasteiger partial charge is 0.379 e. The zero-order valence-electron chi connectivity index (χ0n) is 14.0. The van der Waals surface area contributed by atoms with Gasteiger partial charge in [0.15, 0.2) is 0 Å². The van der Waals surface area contributed by atoms with E-state index in [2.05, 4.69) is 31.0 Å². The number of unbranched alkanes of at least 4 members (excludes halogenated alkanes) is 4. The standard InChI is InChI=1S/C16H32N2O2.ClH/c1-4-5-6-7-8-9-16(2,3)17-15(19)14-18-10-12-20-13-11-18;/h4-14H2,1-3H3,(H,17,19);1H. The molecule has 1 aliphatic rings. The van der Waals surface area contributed by atoms with Crippen molar-refractivity contribution < 1.29 is 9.53 Å². The quantitative estimate of drug-likeness (QED) is 0.664. The lowest BCUT2D eigenvalue weighted by molar-refractivity contribution is -0.124. The number of carbonyl (C=O) groups is 1. The molecule has 1 fully saturated rings. The molecule has 0 saturated carbocycles. The van der Waals surface area contributed by atoms with Crippen LogP contribution in [0, 0.1) is 0 Å². The first-order chi connectivity index (χ1) is 9.53. The van der Waals surface area contributed by atoms with E-state index in [1.165, 1.54) is 32.1 Å². The number of halogens is 1. The highest BCUT2D eigenvalue weighted by Gasteiger charge is 2.21. The van der Waals surface area contributed by atoms with Gasteiger partial charge in [-0.25, -0.2) is 0 Å². The van der Waals surface area contributed by atoms with Crippen LogP contribution in [0.5, 0.6) is 0 Å². The molecule has 0 atom stereocenters. The molecule has 0 unspecified atom stereocenters. The molecule has 1 amide bonds. The summed E-state index contributed by atoms with van der Waals surface area (Å²) in [5.74, 6) is 0.144. The summed E-state index contributed by atoms with van der Waals surface area (Å²) in [6.45, 7) is 10.2. The molecule has 0 bridgehead atoms. The highest BCUT2D eigenvalue weighted by molar-refractivity contribution is 5.85. The highest BCUT2D eigenvalue weighted by Crippen LogP contribution is 2.15. The minimum atomic E-state index is -0.0877. The third-order valence-corrected chi connectivity index (χ3v) is 3.85. The summed E-state index contributed by atoms with van der Waals surface area (Å²) in [6.07, 6.45) is 7.45. The van der Waals surface area contributed by atoms with E-state index >= 15 is 0 Å². The van der Waals surface area contributed by atoms with E-state index in [-0.39, 0.29) is 23.9 Å². The molecule has 1 aliphatic heterocycles. The van der Waals surface area contributed by atoms with Gasteiger partial charge < -0.3 is 10.1 Å². The van der Waals surface area contributed by atoms with Crippen LogP contribution in [0.25, 0.3) is 0 Å². The second-order valence-electron chi connectivity index (χ2n) is 6.48. The lowest BCUT2D eigenvalue weighted by atomic mass is 9.96. The minimum Gasteiger partial charge on any atom is -0.379 e. The van der Waals surface area contributed by atoms with Gasteiger partial charge in [-0.3, -0.25) is 9.69 Å². The third kappa shape index (κ3) is 10.1. The fraction of sp³-hybridized carbons (Fsp3) is 0.938. The molecule has 1 N–H and O–H groups in total. The normalized spacial score (nSPS) is 16.3. The highest BCUT2D eigenvalue weighted by atomic mass is 35.5. The van der Waals surface area contributed by atoms with Crippen LogP contribution in [0.3, 0.4) is 0 Å². The number of morpholine rings is 1. The zero-order valence-corrected chi connectivity index (χ0v) is 14.8. The number of ether oxygens (including phenoxy) is 1. The Morgan fingerprint density at radius 3 is 2.38 bits per heavy atom. The molecule has 0 aromatic carbocycles. The van der Waals surface area contributed by atoms with Crippen LogP contribution in [-0.2, 0) is 9.53 Å². The van der Waals surface area contributed by atoms with Crippen LogP contribution in [0.4, 0.5) is 0 Å². The summed E-state index contributed by atoms with van der Waals surface area (Å²) < 4.78 is 5.29. The SMILES string of the molecule is CCCCCCCC(C)(C)NC(=O)CN1CCOCC1.Cl. The maximum absolute atomic E-state index is 12.1. The Kier molecular flexibility index (Phi) is 11.1. The van der Waals surface area contributed by atoms with Gasteiger partial charge >= 0.3 is 0 Å². The van der Waals surface area contributed by atoms with Crippen molar-refractivity contribution in [2.45, 2.75) is 64.8 Å². The van der Waals surface area contributed by atoms with Crippen molar-refractivity contribution in [1.29, 1.82) is 0 Å². The molecule has 1 rings (SSSR count). The summed E-state index contributed by atoms with van der Waals surface area (Å²) in [5, 5.41) is 3.17. The van der Waals surface area contributed by atoms with E-state index < -0.39 is 0 Å². The maximum Gasteiger partial charge on any atom is 0.234 e. The predicted molar refractivity (Wildman–Crippen MR) is 90.1 cm³/mol. The molecule has 0 spiro atoms. The lowest BCUT2D eigenvalue weighted by Crippen LogP contribution is -2.49. The summed E-state index contributed by atoms with van der Waals surface area (Å²) >= 11 is 0. The zero-order chi connectivity index (χ0) is 14.8. The van der Waals surface area contributed by atoms with Crippen molar-refractivity contribution >= 4 is 18.3 Å². The Morgan fingerprint density at radius 1 is 1.14 bits per heavy atom. The Balaban J connectivity index is 0.00000400. The van der Waals surface area contributed by atoms with E-state index in [0.717, 1.165) is 32.7 Å². The Hall–Kier alpha value is -0.320. The molecule has 0 aromatic rings. The molecular weight excluding hydrogens is 288 g/mol. The molecule has 21 heavy (non-hydrogen) atoms. The van der Waals surface area contributed by atoms with E-state index in [9.17, 15) is 4.79 Å². The molecule has 4 nitrogen and oxygen atoms in total. The second-order valence-corrected chi connectivity index (χ2v) is 6.48. The van der Waals surface area contributed by atoms with E-state index in [1.54, 1.807) is 0 Å². The van der Waals surface area contributed by atoms with Gasteiger partial charge in [0.05, 0.1) is 19.8 Å². The van der Waals surface area contributed by atoms with Gasteiger partial charge in [-0.15, -0.1) is 12.4 Å². The van der Waals surface area contributed by atoms with Gasteiger partial charge in [-0.1, -0.05) is 39.0 Å². The lowest BCUT2D eigenvalue weighted by Gasteiger charge is -2.30. The molecule has 5 heteroatoms. The number of nitrogens with zero attached hydrogens (tertiary/aromatic N) is 1. The number of carbonyl (C=O) groups excluding carboxylic acids is 1. The number of hydrogen-bond donors (Lipinski definition) is 1. The van der Waals surface area contributed by atoms with Gasteiger partial charge in [0.2, 0.25) is 5.91 Å². The Morgan fingerprint density at radius 2 is 1.76 bits per heavy atom. The van der Waals surface area contributed by atoms with Crippen molar-refractivity contribution in [3.8, 4) is 0 Å². The number of rotatable bonds is 9. The molecule has 1 saturated heterocycles. The minimum absolute atomic E-state index is 0. The fourth-order valence-corrected chi connectivity index (χ4v) is 2.61. The molecular formula is C16H33ClN2O2. The van der Waals surface area contributed by atoms with Crippen LogP contribution >= 0.6 is 12.4 Å². The van der Waals surface area contributed by atoms with Crippen LogP contribution in [0.2, 0.25) is 0 Å². The average molecular weight is 321 g/mol. The van der Waals surface area contributed by atoms with Crippen LogP contribution in [-0.4, -0.2) is 49.2 Å². The van der Waals surface area contributed by atoms with Crippen molar-refractivity contribution in [1.82, 2.24) is 10.2 Å². The van der Waals surface area contributed by atoms with Crippen molar-refractivity contribution in [2.24, 2.45) is 0 Å². The summed E-state index contributed by atoms with van der Waals surface area (Å²) in [4.78, 5) is 14.2. The predicted octanol–water partition coefficient (Wildman–Crippen LogP) is 3.00. The number of amides is 1. The smallest absolute Gasteiger partial charge is 0.234 e. The Bertz CT molecular complexity index is 279. The third-order valence-electron chi connectivity index (χ3n) is 3.85. The summed E-state index contributed by atoms with van der Waals surface area (Å²) in [5.41, 5.74) is -0.0877. The van der Waals surface area contributed by atoms with E-state index in [4.69, 9.17) is 4.74 Å². The Labute approximate surface area is 136 Å². The summed E-state index contributed by atoms with van der Waals surface area (Å²) in [6, 6.07) is 0. The van der Waals surface area contributed by atoms with Gasteiger partial charge in [0.1, 0.15) is 0 Å². The first-order valence-corrected chi connectivity index (χ1v) is 8.14. The second kappa shape index (κ2) is 11.3. The van der Waals surface area contributed by atoms with Crippen LogP contribution in [0.1, 0.15) is 59.3 Å². The van der Waals surface area contributed by atoms with Crippen molar-refractivity contribution in [3.63, 3.8) is 0 Å². The first-order valence-electron chi connectivity index (χ1n) is 8.14. The van der Waals surface area contributed by atoms with Gasteiger partial charge in [0.25, 0.3) is 0 Å². The number of hydrogen-bond acceptors (Lipinski definition) is 3. The van der Waals surface area contributed by atoms with Crippen molar-refractivity contribution in [2.75, 3.05) is 32.8 Å². The van der Waals surface area contributed by atoms with E-state index in [1.807, 2.05) is 0 Å². The van der Waals surface area contributed by atoms with Gasteiger partial charge in [0, 0.05) is 18.6 Å². The topological polar surface area (TPSA) is 41.6 Å². The molecule has 0 radical (unpaired) electrons. The average Bonchev–Trinajstić information content (AvgIpc) is 2.38. The van der Waals surface area contributed by atoms with Crippen LogP contribution in [0.15, 0.2) is 0 Å². The molecule has 0 aromatic heterocycles. The first kappa shape index (κ1) is 20.7. The van der Waals surface area contributed by atoms with Gasteiger partial charge in [-0.2, -0.15) is 0 Å². The van der Waals surface area contributed by atoms with Gasteiger partial charge in [-0.05, 0) is 20.3 Å². The maximum atomic E-state index is 12.1. The molecule has 126 valence electrons. The number of nitrogens with one attached hydrogen (secondary N) is 1. The van der Waals surface area contributed by atoms with Crippen molar-refractivity contribution in [3.05, 3.63) is 0 Å². The van der Waals surface area contributed by atoms with Crippen LogP contribution < -0.4 is 5.32 Å². The molecule has 1 heterocycles. The van der Waals surface area contributed by atoms with E-state index in [0.29, 0.717) is 6.54 Å². The fourth-order valence-electron chi connectivity index (χ4n) is 2.61. The monoisotopic (exact) mass is 320 g/mol.